The number of hydrogen-bond donors (Lipinski definition) is 2. The number of amides is 1. The third-order valence-corrected chi connectivity index (χ3v) is 6.00. The molecular weight excluding hydrogens is 304 g/mol. The normalized spacial score (nSPS) is 22.5. The van der Waals surface area contributed by atoms with Crippen LogP contribution in [0.3, 0.4) is 0 Å². The van der Waals surface area contributed by atoms with Gasteiger partial charge in [-0.1, -0.05) is 29.8 Å². The third kappa shape index (κ3) is 3.23. The van der Waals surface area contributed by atoms with Crippen molar-refractivity contribution in [2.45, 2.75) is 38.3 Å². The number of nitrogens with two attached hydrogens (primary N) is 1. The van der Waals surface area contributed by atoms with Gasteiger partial charge in [0.2, 0.25) is 5.91 Å². The highest BCUT2D eigenvalue weighted by Gasteiger charge is 2.24. The molecule has 0 radical (unpaired) electrons. The predicted molar refractivity (Wildman–Crippen MR) is 88.6 cm³/mol. The SMILES string of the molecule is NC(=O)C1CCC(NCc2sc3ccccc3c2Cl)CC1. The summed E-state index contributed by atoms with van der Waals surface area (Å²) in [6.07, 6.45) is 3.81. The van der Waals surface area contributed by atoms with Crippen LogP contribution in [0.5, 0.6) is 0 Å². The van der Waals surface area contributed by atoms with Gasteiger partial charge in [0, 0.05) is 33.5 Å². The van der Waals surface area contributed by atoms with Crippen LogP contribution in [-0.4, -0.2) is 11.9 Å². The summed E-state index contributed by atoms with van der Waals surface area (Å²) in [7, 11) is 0. The molecule has 2 aromatic rings. The molecule has 0 bridgehead atoms. The second-order valence-electron chi connectivity index (χ2n) is 5.67. The molecule has 1 aromatic carbocycles. The van der Waals surface area contributed by atoms with Crippen molar-refractivity contribution in [3.05, 3.63) is 34.2 Å². The van der Waals surface area contributed by atoms with Crippen molar-refractivity contribution >= 4 is 38.9 Å². The monoisotopic (exact) mass is 322 g/mol. The van der Waals surface area contributed by atoms with Gasteiger partial charge in [0.25, 0.3) is 0 Å². The van der Waals surface area contributed by atoms with Crippen molar-refractivity contribution in [3.63, 3.8) is 0 Å². The summed E-state index contributed by atoms with van der Waals surface area (Å²) >= 11 is 8.20. The highest BCUT2D eigenvalue weighted by atomic mass is 35.5. The Morgan fingerprint density at radius 3 is 2.67 bits per heavy atom. The maximum Gasteiger partial charge on any atom is 0.220 e. The van der Waals surface area contributed by atoms with Crippen LogP contribution in [0.4, 0.5) is 0 Å². The lowest BCUT2D eigenvalue weighted by molar-refractivity contribution is -0.122. The van der Waals surface area contributed by atoms with Crippen LogP contribution in [0.1, 0.15) is 30.6 Å². The molecule has 112 valence electrons. The second kappa shape index (κ2) is 6.34. The van der Waals surface area contributed by atoms with E-state index in [2.05, 4.69) is 17.4 Å². The number of halogens is 1. The molecule has 0 unspecified atom stereocenters. The fraction of sp³-hybridized carbons (Fsp3) is 0.438. The van der Waals surface area contributed by atoms with E-state index in [0.717, 1.165) is 42.6 Å². The first-order chi connectivity index (χ1) is 10.1. The maximum atomic E-state index is 11.2. The first-order valence-corrected chi connectivity index (χ1v) is 8.53. The van der Waals surface area contributed by atoms with Gasteiger partial charge in [-0.15, -0.1) is 11.3 Å². The fourth-order valence-corrected chi connectivity index (χ4v) is 4.45. The van der Waals surface area contributed by atoms with Crippen molar-refractivity contribution in [3.8, 4) is 0 Å². The second-order valence-corrected chi connectivity index (χ2v) is 7.18. The molecule has 0 aliphatic heterocycles. The molecule has 1 aliphatic rings. The average molecular weight is 323 g/mol. The molecule has 3 N–H and O–H groups in total. The van der Waals surface area contributed by atoms with Crippen molar-refractivity contribution in [1.82, 2.24) is 5.32 Å². The van der Waals surface area contributed by atoms with Gasteiger partial charge in [0.15, 0.2) is 0 Å². The van der Waals surface area contributed by atoms with Crippen molar-refractivity contribution in [2.75, 3.05) is 0 Å². The van der Waals surface area contributed by atoms with Crippen molar-refractivity contribution < 1.29 is 4.79 Å². The Labute approximate surface area is 133 Å². The Hall–Kier alpha value is -1.10. The van der Waals surface area contributed by atoms with Crippen LogP contribution < -0.4 is 11.1 Å². The minimum absolute atomic E-state index is 0.0657. The zero-order chi connectivity index (χ0) is 14.8. The average Bonchev–Trinajstić information content (AvgIpc) is 2.82. The van der Waals surface area contributed by atoms with Crippen LogP contribution in [0.25, 0.3) is 10.1 Å². The number of carbonyl (C=O) groups excluding carboxylic acids is 1. The smallest absolute Gasteiger partial charge is 0.220 e. The highest BCUT2D eigenvalue weighted by Crippen LogP contribution is 2.35. The van der Waals surface area contributed by atoms with Crippen molar-refractivity contribution in [2.24, 2.45) is 11.7 Å². The van der Waals surface area contributed by atoms with E-state index in [0.29, 0.717) is 6.04 Å². The molecule has 0 saturated heterocycles. The number of primary amides is 1. The molecule has 1 heterocycles. The zero-order valence-electron chi connectivity index (χ0n) is 11.8. The first kappa shape index (κ1) is 14.8. The van der Waals surface area contributed by atoms with Crippen LogP contribution in [0.15, 0.2) is 24.3 Å². The van der Waals surface area contributed by atoms with Gasteiger partial charge in [-0.25, -0.2) is 0 Å². The third-order valence-electron chi connectivity index (χ3n) is 4.28. The van der Waals surface area contributed by atoms with Gasteiger partial charge in [-0.3, -0.25) is 4.79 Å². The molecule has 1 fully saturated rings. The Morgan fingerprint density at radius 1 is 1.29 bits per heavy atom. The topological polar surface area (TPSA) is 55.1 Å². The summed E-state index contributed by atoms with van der Waals surface area (Å²) in [4.78, 5) is 12.4. The summed E-state index contributed by atoms with van der Waals surface area (Å²) in [5.74, 6) is -0.0861. The lowest BCUT2D eigenvalue weighted by Gasteiger charge is -2.27. The van der Waals surface area contributed by atoms with E-state index in [1.165, 1.54) is 9.58 Å². The van der Waals surface area contributed by atoms with E-state index in [1.54, 1.807) is 11.3 Å². The Kier molecular flexibility index (Phi) is 4.48. The first-order valence-electron chi connectivity index (χ1n) is 7.33. The number of thiophene rings is 1. The molecule has 1 aliphatic carbocycles. The molecule has 3 rings (SSSR count). The standard InChI is InChI=1S/C16H19ClN2OS/c17-15-12-3-1-2-4-13(12)21-14(15)9-19-11-7-5-10(6-8-11)16(18)20/h1-4,10-11,19H,5-9H2,(H2,18,20). The Bertz CT molecular complexity index is 647. The van der Waals surface area contributed by atoms with E-state index in [4.69, 9.17) is 17.3 Å². The molecule has 1 aromatic heterocycles. The van der Waals surface area contributed by atoms with Gasteiger partial charge in [0.05, 0.1) is 5.02 Å². The summed E-state index contributed by atoms with van der Waals surface area (Å²) in [6, 6.07) is 8.69. The maximum absolute atomic E-state index is 11.2. The largest absolute Gasteiger partial charge is 0.369 e. The molecule has 0 atom stereocenters. The number of rotatable bonds is 4. The molecule has 5 heteroatoms. The van der Waals surface area contributed by atoms with Gasteiger partial charge in [0.1, 0.15) is 0 Å². The van der Waals surface area contributed by atoms with E-state index in [1.807, 2.05) is 12.1 Å². The Balaban J connectivity index is 1.60. The highest BCUT2D eigenvalue weighted by molar-refractivity contribution is 7.19. The van der Waals surface area contributed by atoms with Gasteiger partial charge >= 0.3 is 0 Å². The van der Waals surface area contributed by atoms with Gasteiger partial charge < -0.3 is 11.1 Å². The molecule has 3 nitrogen and oxygen atoms in total. The number of fused-ring (bicyclic) bond motifs is 1. The van der Waals surface area contributed by atoms with E-state index in [-0.39, 0.29) is 11.8 Å². The minimum atomic E-state index is -0.152. The van der Waals surface area contributed by atoms with Crippen LogP contribution in [0, 0.1) is 5.92 Å². The number of nitrogens with one attached hydrogen (secondary N) is 1. The molecule has 0 spiro atoms. The molecule has 1 amide bonds. The predicted octanol–water partition coefficient (Wildman–Crippen LogP) is 3.69. The lowest BCUT2D eigenvalue weighted by Crippen LogP contribution is -2.36. The number of benzene rings is 1. The van der Waals surface area contributed by atoms with E-state index >= 15 is 0 Å². The van der Waals surface area contributed by atoms with E-state index < -0.39 is 0 Å². The van der Waals surface area contributed by atoms with Crippen LogP contribution in [-0.2, 0) is 11.3 Å². The summed E-state index contributed by atoms with van der Waals surface area (Å²) in [5.41, 5.74) is 5.37. The quantitative estimate of drug-likeness (QED) is 0.902. The summed E-state index contributed by atoms with van der Waals surface area (Å²) in [6.45, 7) is 0.796. The van der Waals surface area contributed by atoms with Crippen molar-refractivity contribution in [1.29, 1.82) is 0 Å². The zero-order valence-corrected chi connectivity index (χ0v) is 13.3. The van der Waals surface area contributed by atoms with Crippen LogP contribution in [0.2, 0.25) is 5.02 Å². The van der Waals surface area contributed by atoms with Gasteiger partial charge in [-0.05, 0) is 31.7 Å². The van der Waals surface area contributed by atoms with Gasteiger partial charge in [-0.2, -0.15) is 0 Å². The van der Waals surface area contributed by atoms with Crippen LogP contribution >= 0.6 is 22.9 Å². The summed E-state index contributed by atoms with van der Waals surface area (Å²) < 4.78 is 1.23. The Morgan fingerprint density at radius 2 is 2.00 bits per heavy atom. The fourth-order valence-electron chi connectivity index (χ4n) is 3.00. The molecular formula is C16H19ClN2OS. The molecule has 1 saturated carbocycles. The van der Waals surface area contributed by atoms with E-state index in [9.17, 15) is 4.79 Å². The molecule has 21 heavy (non-hydrogen) atoms. The lowest BCUT2D eigenvalue weighted by atomic mass is 9.85. The summed E-state index contributed by atoms with van der Waals surface area (Å²) in [5, 5.41) is 5.58. The number of hydrogen-bond acceptors (Lipinski definition) is 3. The number of carbonyl (C=O) groups is 1. The minimum Gasteiger partial charge on any atom is -0.369 e.